The molecule has 1 heterocycles. The number of sulfone groups is 1. The summed E-state index contributed by atoms with van der Waals surface area (Å²) in [6.07, 6.45) is 9.59. The van der Waals surface area contributed by atoms with Gasteiger partial charge in [0.15, 0.2) is 9.84 Å². The van der Waals surface area contributed by atoms with Crippen molar-refractivity contribution in [2.75, 3.05) is 30.3 Å². The summed E-state index contributed by atoms with van der Waals surface area (Å²) in [4.78, 5) is 11.9. The summed E-state index contributed by atoms with van der Waals surface area (Å²) in [5, 5.41) is 20.4. The maximum atomic E-state index is 12.5. The van der Waals surface area contributed by atoms with Crippen molar-refractivity contribution >= 4 is 37.7 Å². The van der Waals surface area contributed by atoms with Gasteiger partial charge in [-0.2, -0.15) is 5.26 Å². The van der Waals surface area contributed by atoms with Crippen LogP contribution in [0, 0.1) is 11.3 Å². The minimum absolute atomic E-state index is 0. The van der Waals surface area contributed by atoms with E-state index in [4.69, 9.17) is 0 Å². The monoisotopic (exact) mass is 566 g/mol. The van der Waals surface area contributed by atoms with Crippen LogP contribution in [0.25, 0.3) is 0 Å². The predicted octanol–water partition coefficient (Wildman–Crippen LogP) is -4.10. The summed E-state index contributed by atoms with van der Waals surface area (Å²) in [5.41, 5.74) is 0. The summed E-state index contributed by atoms with van der Waals surface area (Å²) in [5.74, 6) is -0.808. The summed E-state index contributed by atoms with van der Waals surface area (Å²) in [6.45, 7) is 1.04. The Morgan fingerprint density at radius 3 is 2.09 bits per heavy atom. The number of unbranched alkanes of at least 4 members (excludes halogenated alkanes) is 7. The van der Waals surface area contributed by atoms with E-state index in [-0.39, 0.29) is 82.6 Å². The molecule has 9 nitrogen and oxygen atoms in total. The Morgan fingerprint density at radius 2 is 1.54 bits per heavy atom. The molecule has 1 saturated heterocycles. The van der Waals surface area contributed by atoms with E-state index in [1.807, 2.05) is 4.90 Å². The molecule has 188 valence electrons. The smallest absolute Gasteiger partial charge is 0.748 e. The van der Waals surface area contributed by atoms with Gasteiger partial charge >= 0.3 is 59.1 Å². The Bertz CT molecular complexity index is 946. The van der Waals surface area contributed by atoms with Gasteiger partial charge in [0.1, 0.15) is 11.0 Å². The van der Waals surface area contributed by atoms with Gasteiger partial charge in [0.25, 0.3) is 0 Å². The zero-order valence-corrected chi connectivity index (χ0v) is 27.2. The van der Waals surface area contributed by atoms with Crippen LogP contribution in [-0.2, 0) is 24.7 Å². The molecule has 35 heavy (non-hydrogen) atoms. The molecular weight excluding hydrogens is 534 g/mol. The molecule has 1 fully saturated rings. The number of carbonyl (C=O) groups is 1. The second-order valence-electron chi connectivity index (χ2n) is 7.87. The molecule has 0 aliphatic carbocycles. The molecule has 0 amide bonds. The molecule has 0 N–H and O–H groups in total. The Kier molecular flexibility index (Phi) is 21.9. The third kappa shape index (κ3) is 18.4. The minimum Gasteiger partial charge on any atom is -0.748 e. The third-order valence-electron chi connectivity index (χ3n) is 5.11. The second-order valence-corrected chi connectivity index (χ2v) is 12.6. The molecule has 0 radical (unpaired) electrons. The molecule has 0 aromatic rings. The van der Waals surface area contributed by atoms with E-state index >= 15 is 0 Å². The Morgan fingerprint density at radius 1 is 0.971 bits per heavy atom. The number of aliphatic carboxylic acids is 1. The second kappa shape index (κ2) is 20.4. The molecule has 1 aliphatic heterocycles. The number of hydrogen-bond donors (Lipinski definition) is 0. The first kappa shape index (κ1) is 37.6. The van der Waals surface area contributed by atoms with Gasteiger partial charge in [-0.15, -0.1) is 11.8 Å². The molecule has 0 saturated carbocycles. The van der Waals surface area contributed by atoms with Gasteiger partial charge in [-0.05, 0) is 37.8 Å². The van der Waals surface area contributed by atoms with Crippen molar-refractivity contribution in [3.8, 4) is 6.07 Å². The van der Waals surface area contributed by atoms with Gasteiger partial charge in [0, 0.05) is 30.6 Å². The molecule has 0 aromatic heterocycles. The van der Waals surface area contributed by atoms with E-state index in [9.17, 15) is 36.6 Å². The van der Waals surface area contributed by atoms with Crippen molar-refractivity contribution in [2.24, 2.45) is 0 Å². The first-order valence-electron chi connectivity index (χ1n) is 11.1. The number of carboxylic acids is 1. The normalized spacial score (nSPS) is 15.4. The van der Waals surface area contributed by atoms with Crippen LogP contribution < -0.4 is 64.2 Å². The number of carbonyl (C=O) groups excluding carboxylic acids is 1. The summed E-state index contributed by atoms with van der Waals surface area (Å²) < 4.78 is 57.2. The molecule has 0 atom stereocenters. The average molecular weight is 567 g/mol. The van der Waals surface area contributed by atoms with Crippen LogP contribution in [-0.4, -0.2) is 62.6 Å². The maximum Gasteiger partial charge on any atom is 1.00 e. The summed E-state index contributed by atoms with van der Waals surface area (Å²) >= 11 is 1.49. The van der Waals surface area contributed by atoms with Crippen molar-refractivity contribution in [1.29, 1.82) is 5.26 Å². The van der Waals surface area contributed by atoms with Crippen LogP contribution in [0.4, 0.5) is 0 Å². The predicted molar refractivity (Wildman–Crippen MR) is 125 cm³/mol. The molecule has 14 heteroatoms. The zero-order chi connectivity index (χ0) is 24.7. The van der Waals surface area contributed by atoms with Crippen molar-refractivity contribution in [3.63, 3.8) is 0 Å². The number of rotatable bonds is 17. The standard InChI is InChI=1S/C21H34N2O7S3.2Na/c22-18-19(11-12-20-23(14-15-31-20)13-9-17-33(28,29)30)32(26,27)16-8-6-4-2-1-3-5-7-10-21(24)25;;/h11-12H,1-10,13-17H2,(H,24,25)(H,28,29,30);;/q;2*+1/p-2/b19-11+,20-12+;;. The minimum atomic E-state index is -4.26. The van der Waals surface area contributed by atoms with Gasteiger partial charge in [-0.1, -0.05) is 38.5 Å². The van der Waals surface area contributed by atoms with Crippen LogP contribution >= 0.6 is 11.8 Å². The van der Waals surface area contributed by atoms with Crippen LogP contribution in [0.1, 0.15) is 64.2 Å². The number of thioether (sulfide) groups is 1. The van der Waals surface area contributed by atoms with Crippen LogP contribution in [0.3, 0.4) is 0 Å². The number of nitrogens with zero attached hydrogens (tertiary/aromatic N) is 2. The third-order valence-corrected chi connectivity index (χ3v) is 8.70. The summed E-state index contributed by atoms with van der Waals surface area (Å²) in [6, 6.07) is 1.77. The summed E-state index contributed by atoms with van der Waals surface area (Å²) in [7, 11) is -7.95. The number of nitriles is 1. The van der Waals surface area contributed by atoms with Gasteiger partial charge in [-0.25, -0.2) is 16.8 Å². The van der Waals surface area contributed by atoms with Crippen molar-refractivity contribution < 1.29 is 90.4 Å². The van der Waals surface area contributed by atoms with Gasteiger partial charge in [-0.3, -0.25) is 0 Å². The molecule has 1 aliphatic rings. The van der Waals surface area contributed by atoms with Crippen molar-refractivity contribution in [3.05, 3.63) is 22.1 Å². The van der Waals surface area contributed by atoms with Crippen molar-refractivity contribution in [2.45, 2.75) is 64.2 Å². The SMILES string of the molecule is N#C/C(=C\C=C1\SCCN1CCCS(=O)(=O)[O-])S(=O)(=O)CCCCCCCCCCC(=O)[O-].[Na+].[Na+]. The van der Waals surface area contributed by atoms with E-state index in [0.29, 0.717) is 25.9 Å². The fourth-order valence-electron chi connectivity index (χ4n) is 3.36. The van der Waals surface area contributed by atoms with Crippen LogP contribution in [0.15, 0.2) is 22.1 Å². The van der Waals surface area contributed by atoms with Gasteiger partial charge < -0.3 is 19.4 Å². The molecule has 0 spiro atoms. The van der Waals surface area contributed by atoms with E-state index in [2.05, 4.69) is 0 Å². The zero-order valence-electron chi connectivity index (χ0n) is 20.7. The topological polar surface area (TPSA) is 158 Å². The fraction of sp³-hybridized carbons (Fsp3) is 0.714. The average Bonchev–Trinajstić information content (AvgIpc) is 3.15. The van der Waals surface area contributed by atoms with Gasteiger partial charge in [0.05, 0.1) is 20.9 Å². The first-order valence-corrected chi connectivity index (χ1v) is 15.3. The number of carboxylic acid groups (broad SMARTS) is 1. The van der Waals surface area contributed by atoms with E-state index in [1.165, 1.54) is 17.8 Å². The Balaban J connectivity index is 0. The van der Waals surface area contributed by atoms with E-state index < -0.39 is 31.7 Å². The van der Waals surface area contributed by atoms with Gasteiger partial charge in [0.2, 0.25) is 0 Å². The largest absolute Gasteiger partial charge is 1.00 e. The Labute approximate surface area is 258 Å². The first-order chi connectivity index (χ1) is 15.5. The maximum absolute atomic E-state index is 12.5. The number of allylic oxidation sites excluding steroid dienone is 3. The fourth-order valence-corrected chi connectivity index (χ4v) is 6.11. The van der Waals surface area contributed by atoms with E-state index in [0.717, 1.165) is 49.3 Å². The van der Waals surface area contributed by atoms with Crippen LogP contribution in [0.5, 0.6) is 0 Å². The molecule has 0 aromatic carbocycles. The Hall–Kier alpha value is 0.450. The number of hydrogen-bond acceptors (Lipinski definition) is 10. The molecule has 0 bridgehead atoms. The molecule has 0 unspecified atom stereocenters. The van der Waals surface area contributed by atoms with Crippen LogP contribution in [0.2, 0.25) is 0 Å². The van der Waals surface area contributed by atoms with E-state index in [1.54, 1.807) is 12.1 Å². The molecule has 1 rings (SSSR count). The molecular formula is C21H32N2Na2O7S3. The van der Waals surface area contributed by atoms with Crippen molar-refractivity contribution in [1.82, 2.24) is 4.90 Å². The quantitative estimate of drug-likeness (QED) is 0.0733.